The Morgan fingerprint density at radius 2 is 2.00 bits per heavy atom. The Bertz CT molecular complexity index is 538. The van der Waals surface area contributed by atoms with Gasteiger partial charge in [0, 0.05) is 18.3 Å². The number of aromatic nitrogens is 3. The van der Waals surface area contributed by atoms with Crippen LogP contribution in [0.2, 0.25) is 0 Å². The summed E-state index contributed by atoms with van der Waals surface area (Å²) < 4.78 is 2.24. The van der Waals surface area contributed by atoms with E-state index in [1.165, 1.54) is 38.5 Å². The predicted octanol–water partition coefficient (Wildman–Crippen LogP) is 3.50. The van der Waals surface area contributed by atoms with Crippen molar-refractivity contribution in [2.45, 2.75) is 45.1 Å². The molecular formula is C16H22N4. The van der Waals surface area contributed by atoms with Crippen molar-refractivity contribution in [3.63, 3.8) is 0 Å². The molecule has 0 radical (unpaired) electrons. The lowest BCUT2D eigenvalue weighted by atomic mass is 9.87. The van der Waals surface area contributed by atoms with Crippen molar-refractivity contribution >= 4 is 5.82 Å². The van der Waals surface area contributed by atoms with Crippen LogP contribution in [0.25, 0.3) is 11.3 Å². The maximum absolute atomic E-state index is 5.64. The van der Waals surface area contributed by atoms with E-state index >= 15 is 0 Å². The first-order valence-electron chi connectivity index (χ1n) is 7.55. The van der Waals surface area contributed by atoms with Crippen LogP contribution < -0.4 is 5.73 Å². The number of hydrogen-bond acceptors (Lipinski definition) is 3. The summed E-state index contributed by atoms with van der Waals surface area (Å²) in [5, 5.41) is 0. The fraction of sp³-hybridized carbons (Fsp3) is 0.500. The van der Waals surface area contributed by atoms with Crippen molar-refractivity contribution in [3.05, 3.63) is 30.9 Å². The summed E-state index contributed by atoms with van der Waals surface area (Å²) in [5.74, 6) is 1.45. The highest BCUT2D eigenvalue weighted by Gasteiger charge is 2.14. The van der Waals surface area contributed by atoms with Crippen LogP contribution in [-0.2, 0) is 6.54 Å². The molecule has 1 fully saturated rings. The zero-order valence-corrected chi connectivity index (χ0v) is 11.8. The minimum atomic E-state index is 0.557. The lowest BCUT2D eigenvalue weighted by molar-refractivity contribution is 0.324. The monoisotopic (exact) mass is 270 g/mol. The molecule has 1 aliphatic rings. The fourth-order valence-electron chi connectivity index (χ4n) is 3.09. The summed E-state index contributed by atoms with van der Waals surface area (Å²) in [6.45, 7) is 1.05. The van der Waals surface area contributed by atoms with Crippen LogP contribution in [0.5, 0.6) is 0 Å². The van der Waals surface area contributed by atoms with Crippen molar-refractivity contribution in [2.75, 3.05) is 5.73 Å². The zero-order valence-electron chi connectivity index (χ0n) is 11.8. The number of rotatable bonds is 4. The second-order valence-electron chi connectivity index (χ2n) is 5.74. The smallest absolute Gasteiger partial charge is 0.123 e. The highest BCUT2D eigenvalue weighted by molar-refractivity contribution is 5.59. The van der Waals surface area contributed by atoms with E-state index in [1.807, 2.05) is 30.9 Å². The first kappa shape index (κ1) is 13.2. The van der Waals surface area contributed by atoms with Gasteiger partial charge >= 0.3 is 0 Å². The largest absolute Gasteiger partial charge is 0.384 e. The van der Waals surface area contributed by atoms with Crippen molar-refractivity contribution in [1.29, 1.82) is 0 Å². The van der Waals surface area contributed by atoms with E-state index in [0.717, 1.165) is 23.7 Å². The predicted molar refractivity (Wildman–Crippen MR) is 81.1 cm³/mol. The van der Waals surface area contributed by atoms with Crippen LogP contribution in [-0.4, -0.2) is 14.5 Å². The van der Waals surface area contributed by atoms with Gasteiger partial charge in [-0.15, -0.1) is 0 Å². The van der Waals surface area contributed by atoms with E-state index in [1.54, 1.807) is 0 Å². The summed E-state index contributed by atoms with van der Waals surface area (Å²) in [6.07, 6.45) is 13.9. The molecule has 20 heavy (non-hydrogen) atoms. The highest BCUT2D eigenvalue weighted by Crippen LogP contribution is 2.27. The number of aryl methyl sites for hydroxylation is 1. The van der Waals surface area contributed by atoms with Gasteiger partial charge < -0.3 is 10.3 Å². The number of imidazole rings is 1. The lowest BCUT2D eigenvalue weighted by Crippen LogP contribution is -2.10. The summed E-state index contributed by atoms with van der Waals surface area (Å²) in [4.78, 5) is 8.45. The number of nitrogen functional groups attached to an aromatic ring is 1. The average molecular weight is 270 g/mol. The minimum absolute atomic E-state index is 0.557. The van der Waals surface area contributed by atoms with Gasteiger partial charge in [0.25, 0.3) is 0 Å². The van der Waals surface area contributed by atoms with E-state index in [9.17, 15) is 0 Å². The first-order chi connectivity index (χ1) is 9.83. The molecule has 3 rings (SSSR count). The topological polar surface area (TPSA) is 56.7 Å². The lowest BCUT2D eigenvalue weighted by Gasteiger charge is -2.21. The minimum Gasteiger partial charge on any atom is -0.384 e. The van der Waals surface area contributed by atoms with Crippen LogP contribution in [0, 0.1) is 5.92 Å². The summed E-state index contributed by atoms with van der Waals surface area (Å²) in [7, 11) is 0. The van der Waals surface area contributed by atoms with Crippen LogP contribution in [0.3, 0.4) is 0 Å². The Kier molecular flexibility index (Phi) is 4.00. The van der Waals surface area contributed by atoms with Crippen molar-refractivity contribution in [1.82, 2.24) is 14.5 Å². The molecule has 0 unspecified atom stereocenters. The van der Waals surface area contributed by atoms with Gasteiger partial charge in [-0.05, 0) is 24.5 Å². The van der Waals surface area contributed by atoms with Gasteiger partial charge in [0.1, 0.15) is 5.82 Å². The van der Waals surface area contributed by atoms with Gasteiger partial charge in [-0.25, -0.2) is 9.97 Å². The second kappa shape index (κ2) is 6.07. The van der Waals surface area contributed by atoms with Crippen LogP contribution >= 0.6 is 0 Å². The summed E-state index contributed by atoms with van der Waals surface area (Å²) >= 11 is 0. The molecule has 0 saturated heterocycles. The normalized spacial score (nSPS) is 16.4. The Hall–Kier alpha value is -1.84. The number of pyridine rings is 1. The van der Waals surface area contributed by atoms with Gasteiger partial charge in [0.05, 0.1) is 18.2 Å². The SMILES string of the molecule is Nc1ccc(-c2cncn2CCC2CCCCC2)cn1. The highest BCUT2D eigenvalue weighted by atomic mass is 15.0. The third-order valence-electron chi connectivity index (χ3n) is 4.30. The Balaban J connectivity index is 1.68. The number of anilines is 1. The molecule has 1 aliphatic carbocycles. The molecule has 0 amide bonds. The van der Waals surface area contributed by atoms with Gasteiger partial charge in [-0.2, -0.15) is 0 Å². The van der Waals surface area contributed by atoms with Crippen LogP contribution in [0.1, 0.15) is 38.5 Å². The third-order valence-corrected chi connectivity index (χ3v) is 4.30. The number of nitrogens with zero attached hydrogens (tertiary/aromatic N) is 3. The molecular weight excluding hydrogens is 248 g/mol. The van der Waals surface area contributed by atoms with Gasteiger partial charge in [0.15, 0.2) is 0 Å². The van der Waals surface area contributed by atoms with Gasteiger partial charge in [-0.3, -0.25) is 0 Å². The fourth-order valence-corrected chi connectivity index (χ4v) is 3.09. The molecule has 2 aromatic rings. The van der Waals surface area contributed by atoms with Crippen molar-refractivity contribution in [3.8, 4) is 11.3 Å². The standard InChI is InChI=1S/C16H22N4/c17-16-7-6-14(10-19-16)15-11-18-12-20(15)9-8-13-4-2-1-3-5-13/h6-7,10-13H,1-5,8-9H2,(H2,17,19). The molecule has 2 heterocycles. The Morgan fingerprint density at radius 1 is 1.15 bits per heavy atom. The average Bonchev–Trinajstić information content (AvgIpc) is 2.95. The van der Waals surface area contributed by atoms with E-state index in [-0.39, 0.29) is 0 Å². The molecule has 1 saturated carbocycles. The van der Waals surface area contributed by atoms with Gasteiger partial charge in [0.2, 0.25) is 0 Å². The van der Waals surface area contributed by atoms with E-state index in [4.69, 9.17) is 5.73 Å². The number of nitrogens with two attached hydrogens (primary N) is 1. The quantitative estimate of drug-likeness (QED) is 0.925. The molecule has 4 heteroatoms. The second-order valence-corrected chi connectivity index (χ2v) is 5.74. The Labute approximate surface area is 120 Å². The maximum atomic E-state index is 5.64. The molecule has 2 N–H and O–H groups in total. The molecule has 4 nitrogen and oxygen atoms in total. The van der Waals surface area contributed by atoms with Gasteiger partial charge in [-0.1, -0.05) is 32.1 Å². The first-order valence-corrected chi connectivity index (χ1v) is 7.55. The molecule has 0 aliphatic heterocycles. The summed E-state index contributed by atoms with van der Waals surface area (Å²) in [6, 6.07) is 3.85. The van der Waals surface area contributed by atoms with Crippen LogP contribution in [0.4, 0.5) is 5.82 Å². The molecule has 0 bridgehead atoms. The molecule has 0 aromatic carbocycles. The molecule has 2 aromatic heterocycles. The summed E-state index contributed by atoms with van der Waals surface area (Å²) in [5.41, 5.74) is 7.86. The number of hydrogen-bond donors (Lipinski definition) is 1. The Morgan fingerprint density at radius 3 is 2.75 bits per heavy atom. The van der Waals surface area contributed by atoms with E-state index in [0.29, 0.717) is 5.82 Å². The third kappa shape index (κ3) is 3.00. The van der Waals surface area contributed by atoms with Crippen molar-refractivity contribution < 1.29 is 0 Å². The molecule has 106 valence electrons. The van der Waals surface area contributed by atoms with E-state index < -0.39 is 0 Å². The molecule has 0 atom stereocenters. The molecule has 0 spiro atoms. The van der Waals surface area contributed by atoms with Crippen molar-refractivity contribution in [2.24, 2.45) is 5.92 Å². The zero-order chi connectivity index (χ0) is 13.8. The maximum Gasteiger partial charge on any atom is 0.123 e. The van der Waals surface area contributed by atoms with E-state index in [2.05, 4.69) is 14.5 Å². The van der Waals surface area contributed by atoms with Crippen LogP contribution in [0.15, 0.2) is 30.9 Å².